The lowest BCUT2D eigenvalue weighted by atomic mass is 9.86. The van der Waals surface area contributed by atoms with Gasteiger partial charge in [-0.3, -0.25) is 10.2 Å². The molecule has 0 radical (unpaired) electrons. The highest BCUT2D eigenvalue weighted by atomic mass is 35.5. The monoisotopic (exact) mass is 307 g/mol. The van der Waals surface area contributed by atoms with E-state index in [-0.39, 0.29) is 17.0 Å². The minimum atomic E-state index is -0.179. The zero-order valence-electron chi connectivity index (χ0n) is 12.9. The average molecular weight is 308 g/mol. The Morgan fingerprint density at radius 3 is 2.38 bits per heavy atom. The predicted molar refractivity (Wildman–Crippen MR) is 86.0 cm³/mol. The molecule has 0 aliphatic carbocycles. The Labute approximate surface area is 130 Å². The number of hydrogen-bond acceptors (Lipinski definition) is 3. The van der Waals surface area contributed by atoms with Crippen molar-refractivity contribution in [2.24, 2.45) is 0 Å². The van der Waals surface area contributed by atoms with E-state index in [1.54, 1.807) is 24.3 Å². The van der Waals surface area contributed by atoms with Gasteiger partial charge in [-0.25, -0.2) is 0 Å². The first kappa shape index (κ1) is 15.9. The Hall–Kier alpha value is -1.52. The third-order valence-electron chi connectivity index (χ3n) is 3.27. The van der Waals surface area contributed by atoms with Crippen molar-refractivity contribution < 1.29 is 4.79 Å². The van der Waals surface area contributed by atoms with Crippen molar-refractivity contribution in [1.29, 1.82) is 0 Å². The highest BCUT2D eigenvalue weighted by Crippen LogP contribution is 2.25. The molecule has 0 saturated heterocycles. The minimum Gasteiger partial charge on any atom is -0.303 e. The Balaban J connectivity index is 2.01. The van der Waals surface area contributed by atoms with Gasteiger partial charge in [0, 0.05) is 33.8 Å². The van der Waals surface area contributed by atoms with E-state index in [1.165, 1.54) is 0 Å². The molecule has 0 bridgehead atoms. The summed E-state index contributed by atoms with van der Waals surface area (Å²) in [5.41, 5.74) is 7.21. The van der Waals surface area contributed by atoms with Gasteiger partial charge in [0.15, 0.2) is 0 Å². The van der Waals surface area contributed by atoms with Crippen LogP contribution in [0.2, 0.25) is 5.02 Å². The number of hydrazine groups is 1. The van der Waals surface area contributed by atoms with Crippen LogP contribution >= 0.6 is 11.6 Å². The van der Waals surface area contributed by atoms with Crippen LogP contribution in [0.15, 0.2) is 36.0 Å². The third kappa shape index (κ3) is 4.48. The molecular weight excluding hydrogens is 286 g/mol. The van der Waals surface area contributed by atoms with Gasteiger partial charge in [0.05, 0.1) is 0 Å². The largest absolute Gasteiger partial charge is 0.303 e. The summed E-state index contributed by atoms with van der Waals surface area (Å²) in [5.74, 6) is -0.179. The van der Waals surface area contributed by atoms with Crippen LogP contribution in [0, 0.1) is 0 Å². The molecule has 0 atom stereocenters. The number of rotatable bonds is 3. The molecule has 2 rings (SSSR count). The molecule has 0 aromatic heterocycles. The van der Waals surface area contributed by atoms with E-state index in [0.29, 0.717) is 10.6 Å². The number of amides is 1. The Bertz CT molecular complexity index is 561. The molecule has 5 heteroatoms. The van der Waals surface area contributed by atoms with Gasteiger partial charge < -0.3 is 10.7 Å². The van der Waals surface area contributed by atoms with Crippen LogP contribution in [-0.2, 0) is 0 Å². The van der Waals surface area contributed by atoms with Gasteiger partial charge in [-0.2, -0.15) is 0 Å². The molecule has 1 aliphatic heterocycles. The van der Waals surface area contributed by atoms with Crippen LogP contribution in [0.1, 0.15) is 44.5 Å². The number of hydrogen-bond donors (Lipinski definition) is 3. The fourth-order valence-electron chi connectivity index (χ4n) is 2.81. The van der Waals surface area contributed by atoms with Crippen LogP contribution < -0.4 is 16.2 Å². The van der Waals surface area contributed by atoms with E-state index in [4.69, 9.17) is 11.6 Å². The molecule has 1 aliphatic rings. The first-order valence-electron chi connectivity index (χ1n) is 7.00. The van der Waals surface area contributed by atoms with Crippen molar-refractivity contribution in [3.05, 3.63) is 46.6 Å². The van der Waals surface area contributed by atoms with E-state index < -0.39 is 0 Å². The molecule has 0 spiro atoms. The van der Waals surface area contributed by atoms with Crippen molar-refractivity contribution in [3.63, 3.8) is 0 Å². The molecule has 1 aromatic rings. The van der Waals surface area contributed by atoms with E-state index in [1.807, 2.05) is 0 Å². The van der Waals surface area contributed by atoms with E-state index >= 15 is 0 Å². The normalized spacial score (nSPS) is 19.6. The van der Waals surface area contributed by atoms with E-state index in [9.17, 15) is 4.79 Å². The van der Waals surface area contributed by atoms with Gasteiger partial charge >= 0.3 is 0 Å². The SMILES string of the molecule is CC1(C)C=C(NNC(=O)c2ccc(Cl)cc2)CC(C)(C)N1. The van der Waals surface area contributed by atoms with Gasteiger partial charge in [0.2, 0.25) is 0 Å². The molecule has 3 N–H and O–H groups in total. The van der Waals surface area contributed by atoms with Gasteiger partial charge in [-0.05, 0) is 58.0 Å². The predicted octanol–water partition coefficient (Wildman–Crippen LogP) is 3.01. The molecule has 114 valence electrons. The van der Waals surface area contributed by atoms with Crippen molar-refractivity contribution in [1.82, 2.24) is 16.2 Å². The Morgan fingerprint density at radius 2 is 1.81 bits per heavy atom. The summed E-state index contributed by atoms with van der Waals surface area (Å²) >= 11 is 5.81. The molecule has 0 fully saturated rings. The summed E-state index contributed by atoms with van der Waals surface area (Å²) < 4.78 is 0. The molecule has 1 amide bonds. The Morgan fingerprint density at radius 1 is 1.19 bits per heavy atom. The maximum absolute atomic E-state index is 12.1. The smallest absolute Gasteiger partial charge is 0.269 e. The Kier molecular flexibility index (Phi) is 4.30. The number of halogens is 1. The lowest BCUT2D eigenvalue weighted by Crippen LogP contribution is -2.56. The highest BCUT2D eigenvalue weighted by molar-refractivity contribution is 6.30. The average Bonchev–Trinajstić information content (AvgIpc) is 2.33. The summed E-state index contributed by atoms with van der Waals surface area (Å²) in [7, 11) is 0. The highest BCUT2D eigenvalue weighted by Gasteiger charge is 2.32. The summed E-state index contributed by atoms with van der Waals surface area (Å²) in [6.07, 6.45) is 2.91. The zero-order valence-corrected chi connectivity index (χ0v) is 13.6. The molecule has 0 saturated carbocycles. The van der Waals surface area contributed by atoms with E-state index in [2.05, 4.69) is 49.9 Å². The van der Waals surface area contributed by atoms with Crippen LogP contribution in [0.4, 0.5) is 0 Å². The molecule has 21 heavy (non-hydrogen) atoms. The van der Waals surface area contributed by atoms with Crippen LogP contribution in [-0.4, -0.2) is 17.0 Å². The first-order chi connectivity index (χ1) is 9.67. The van der Waals surface area contributed by atoms with Crippen molar-refractivity contribution in [2.45, 2.75) is 45.2 Å². The maximum Gasteiger partial charge on any atom is 0.269 e. The molecule has 0 unspecified atom stereocenters. The van der Waals surface area contributed by atoms with Crippen LogP contribution in [0.25, 0.3) is 0 Å². The van der Waals surface area contributed by atoms with Gasteiger partial charge in [-0.15, -0.1) is 0 Å². The van der Waals surface area contributed by atoms with Crippen LogP contribution in [0.3, 0.4) is 0 Å². The topological polar surface area (TPSA) is 53.2 Å². The summed E-state index contributed by atoms with van der Waals surface area (Å²) in [6.45, 7) is 8.50. The molecular formula is C16H22ClN3O. The van der Waals surface area contributed by atoms with E-state index in [0.717, 1.165) is 12.1 Å². The molecule has 1 aromatic carbocycles. The fourth-order valence-corrected chi connectivity index (χ4v) is 2.93. The second kappa shape index (κ2) is 5.70. The van der Waals surface area contributed by atoms with Gasteiger partial charge in [0.25, 0.3) is 5.91 Å². The first-order valence-corrected chi connectivity index (χ1v) is 7.38. The minimum absolute atomic E-state index is 0.0222. The molecule has 1 heterocycles. The van der Waals surface area contributed by atoms with Crippen molar-refractivity contribution in [2.75, 3.05) is 0 Å². The third-order valence-corrected chi connectivity index (χ3v) is 3.52. The zero-order chi connectivity index (χ0) is 15.7. The fraction of sp³-hybridized carbons (Fsp3) is 0.438. The number of nitrogens with one attached hydrogen (secondary N) is 3. The lowest BCUT2D eigenvalue weighted by Gasteiger charge is -2.41. The van der Waals surface area contributed by atoms with Gasteiger partial charge in [-0.1, -0.05) is 11.6 Å². The van der Waals surface area contributed by atoms with Gasteiger partial charge in [0.1, 0.15) is 0 Å². The maximum atomic E-state index is 12.1. The number of benzene rings is 1. The molecule has 4 nitrogen and oxygen atoms in total. The lowest BCUT2D eigenvalue weighted by molar-refractivity contribution is 0.0935. The summed E-state index contributed by atoms with van der Waals surface area (Å²) in [6, 6.07) is 6.80. The second-order valence-electron chi connectivity index (χ2n) is 6.66. The summed E-state index contributed by atoms with van der Waals surface area (Å²) in [4.78, 5) is 12.1. The number of carbonyl (C=O) groups is 1. The summed E-state index contributed by atoms with van der Waals surface area (Å²) in [5, 5.41) is 4.16. The quantitative estimate of drug-likeness (QED) is 0.752. The van der Waals surface area contributed by atoms with Crippen molar-refractivity contribution >= 4 is 17.5 Å². The standard InChI is InChI=1S/C16H22ClN3O/c1-15(2)9-13(10-16(3,4)20-15)18-19-14(21)11-5-7-12(17)8-6-11/h5-9,18,20H,10H2,1-4H3,(H,19,21). The number of carbonyl (C=O) groups excluding carboxylic acids is 1. The van der Waals surface area contributed by atoms with Crippen molar-refractivity contribution in [3.8, 4) is 0 Å². The second-order valence-corrected chi connectivity index (χ2v) is 7.10. The van der Waals surface area contributed by atoms with Crippen LogP contribution in [0.5, 0.6) is 0 Å².